The molecule has 4 N–H and O–H groups in total. The minimum atomic E-state index is -1.03. The molecule has 0 unspecified atom stereocenters. The van der Waals surface area contributed by atoms with Crippen LogP contribution in [-0.2, 0) is 0 Å². The van der Waals surface area contributed by atoms with Crippen molar-refractivity contribution in [3.63, 3.8) is 0 Å². The van der Waals surface area contributed by atoms with E-state index in [0.717, 1.165) is 26.2 Å². The molecular formula is C9H13N5O2. The molecule has 0 saturated carbocycles. The molecule has 1 aliphatic heterocycles. The monoisotopic (exact) mass is 223 g/mol. The van der Waals surface area contributed by atoms with E-state index in [1.165, 1.54) is 6.07 Å². The Labute approximate surface area is 92.3 Å². The normalized spacial score (nSPS) is 16.1. The lowest BCUT2D eigenvalue weighted by molar-refractivity contribution is 0.0697. The Morgan fingerprint density at radius 3 is 2.75 bits per heavy atom. The number of anilines is 2. The number of aromatic nitrogens is 2. The summed E-state index contributed by atoms with van der Waals surface area (Å²) in [5.41, 5.74) is 5.53. The van der Waals surface area contributed by atoms with E-state index in [4.69, 9.17) is 10.8 Å². The Morgan fingerprint density at radius 1 is 1.44 bits per heavy atom. The molecule has 16 heavy (non-hydrogen) atoms. The van der Waals surface area contributed by atoms with Crippen molar-refractivity contribution in [2.24, 2.45) is 0 Å². The highest BCUT2D eigenvalue weighted by Crippen LogP contribution is 2.18. The van der Waals surface area contributed by atoms with Gasteiger partial charge in [-0.15, -0.1) is 10.2 Å². The minimum Gasteiger partial charge on any atom is -0.478 e. The molecule has 0 atom stereocenters. The fraction of sp³-hybridized carbons (Fsp3) is 0.444. The first-order valence-corrected chi connectivity index (χ1v) is 5.00. The Balaban J connectivity index is 2.34. The first kappa shape index (κ1) is 10.6. The lowest BCUT2D eigenvalue weighted by atomic mass is 10.2. The first-order valence-electron chi connectivity index (χ1n) is 5.00. The van der Waals surface area contributed by atoms with Gasteiger partial charge in [-0.1, -0.05) is 0 Å². The maximum absolute atomic E-state index is 11.1. The van der Waals surface area contributed by atoms with Crippen molar-refractivity contribution in [3.05, 3.63) is 11.6 Å². The first-order chi connectivity index (χ1) is 7.68. The van der Waals surface area contributed by atoms with Crippen LogP contribution in [0.4, 0.5) is 11.6 Å². The summed E-state index contributed by atoms with van der Waals surface area (Å²) in [6.07, 6.45) is 0. The number of rotatable bonds is 2. The number of nitrogen functional groups attached to an aromatic ring is 1. The van der Waals surface area contributed by atoms with Crippen molar-refractivity contribution in [1.29, 1.82) is 0 Å². The standard InChI is InChI=1S/C9H13N5O2/c10-7-5-6(9(15)16)8(13-12-7)14-3-1-11-2-4-14/h5,11H,1-4H2,(H2,10,12)(H,15,16). The van der Waals surface area contributed by atoms with Gasteiger partial charge in [-0.25, -0.2) is 4.79 Å². The Hall–Kier alpha value is -1.89. The van der Waals surface area contributed by atoms with E-state index in [0.29, 0.717) is 5.82 Å². The largest absolute Gasteiger partial charge is 0.478 e. The Kier molecular flexibility index (Phi) is 2.86. The fourth-order valence-electron chi connectivity index (χ4n) is 1.67. The van der Waals surface area contributed by atoms with Crippen molar-refractivity contribution < 1.29 is 9.90 Å². The van der Waals surface area contributed by atoms with Gasteiger partial charge in [0.15, 0.2) is 5.82 Å². The number of hydrogen-bond donors (Lipinski definition) is 3. The molecule has 0 aromatic carbocycles. The molecule has 1 aromatic rings. The van der Waals surface area contributed by atoms with Gasteiger partial charge in [0.1, 0.15) is 11.4 Å². The zero-order valence-corrected chi connectivity index (χ0v) is 8.68. The van der Waals surface area contributed by atoms with E-state index in [1.54, 1.807) is 0 Å². The summed E-state index contributed by atoms with van der Waals surface area (Å²) in [4.78, 5) is 12.9. The van der Waals surface area contributed by atoms with Crippen LogP contribution < -0.4 is 16.0 Å². The average Bonchev–Trinajstić information content (AvgIpc) is 2.30. The van der Waals surface area contributed by atoms with Crippen molar-refractivity contribution in [2.75, 3.05) is 36.8 Å². The van der Waals surface area contributed by atoms with Crippen LogP contribution in [0, 0.1) is 0 Å². The molecule has 0 amide bonds. The summed E-state index contributed by atoms with van der Waals surface area (Å²) in [5, 5.41) is 19.8. The zero-order chi connectivity index (χ0) is 11.5. The maximum atomic E-state index is 11.1. The van der Waals surface area contributed by atoms with Crippen LogP contribution in [0.5, 0.6) is 0 Å². The summed E-state index contributed by atoms with van der Waals surface area (Å²) in [6, 6.07) is 1.34. The van der Waals surface area contributed by atoms with Gasteiger partial charge in [0.2, 0.25) is 0 Å². The lowest BCUT2D eigenvalue weighted by Gasteiger charge is -2.28. The number of nitrogens with one attached hydrogen (secondary N) is 1. The van der Waals surface area contributed by atoms with Crippen LogP contribution in [0.3, 0.4) is 0 Å². The van der Waals surface area contributed by atoms with Crippen LogP contribution >= 0.6 is 0 Å². The fourth-order valence-corrected chi connectivity index (χ4v) is 1.67. The van der Waals surface area contributed by atoms with Crippen molar-refractivity contribution in [1.82, 2.24) is 15.5 Å². The highest BCUT2D eigenvalue weighted by Gasteiger charge is 2.20. The highest BCUT2D eigenvalue weighted by atomic mass is 16.4. The number of carboxylic acid groups (broad SMARTS) is 1. The van der Waals surface area contributed by atoms with Crippen molar-refractivity contribution in [2.45, 2.75) is 0 Å². The average molecular weight is 223 g/mol. The highest BCUT2D eigenvalue weighted by molar-refractivity contribution is 5.93. The molecule has 1 aliphatic rings. The predicted octanol–water partition coefficient (Wildman–Crippen LogP) is -0.833. The van der Waals surface area contributed by atoms with E-state index < -0.39 is 5.97 Å². The van der Waals surface area contributed by atoms with Gasteiger partial charge in [0.25, 0.3) is 0 Å². The van der Waals surface area contributed by atoms with Gasteiger partial charge in [-0.3, -0.25) is 0 Å². The van der Waals surface area contributed by atoms with E-state index in [-0.39, 0.29) is 11.4 Å². The van der Waals surface area contributed by atoms with E-state index in [9.17, 15) is 4.79 Å². The third-order valence-electron chi connectivity index (χ3n) is 2.44. The molecular weight excluding hydrogens is 210 g/mol. The second-order valence-electron chi connectivity index (χ2n) is 3.55. The summed E-state index contributed by atoms with van der Waals surface area (Å²) < 4.78 is 0. The molecule has 1 aromatic heterocycles. The molecule has 0 spiro atoms. The van der Waals surface area contributed by atoms with E-state index in [2.05, 4.69) is 15.5 Å². The molecule has 1 saturated heterocycles. The van der Waals surface area contributed by atoms with Crippen LogP contribution in [0.1, 0.15) is 10.4 Å². The van der Waals surface area contributed by atoms with Crippen molar-refractivity contribution in [3.8, 4) is 0 Å². The summed E-state index contributed by atoms with van der Waals surface area (Å²) >= 11 is 0. The number of piperazine rings is 1. The number of hydrogen-bond acceptors (Lipinski definition) is 6. The maximum Gasteiger partial charge on any atom is 0.339 e. The number of aromatic carboxylic acids is 1. The van der Waals surface area contributed by atoms with Gasteiger partial charge in [-0.05, 0) is 0 Å². The van der Waals surface area contributed by atoms with Gasteiger partial charge in [0, 0.05) is 32.2 Å². The minimum absolute atomic E-state index is 0.106. The van der Waals surface area contributed by atoms with Gasteiger partial charge < -0.3 is 21.1 Å². The summed E-state index contributed by atoms with van der Waals surface area (Å²) in [6.45, 7) is 3.06. The summed E-state index contributed by atoms with van der Waals surface area (Å²) in [7, 11) is 0. The molecule has 0 radical (unpaired) electrons. The number of carboxylic acids is 1. The van der Waals surface area contributed by atoms with Gasteiger partial charge in [-0.2, -0.15) is 0 Å². The second kappa shape index (κ2) is 4.31. The number of carbonyl (C=O) groups is 1. The number of nitrogens with two attached hydrogens (primary N) is 1. The molecule has 2 heterocycles. The smallest absolute Gasteiger partial charge is 0.339 e. The third kappa shape index (κ3) is 2.03. The quantitative estimate of drug-likeness (QED) is 0.600. The van der Waals surface area contributed by atoms with Crippen LogP contribution in [0.2, 0.25) is 0 Å². The molecule has 0 bridgehead atoms. The Bertz CT molecular complexity index is 403. The molecule has 7 nitrogen and oxygen atoms in total. The van der Waals surface area contributed by atoms with Crippen molar-refractivity contribution >= 4 is 17.6 Å². The van der Waals surface area contributed by atoms with Gasteiger partial charge in [0.05, 0.1) is 0 Å². The topological polar surface area (TPSA) is 104 Å². The lowest BCUT2D eigenvalue weighted by Crippen LogP contribution is -2.44. The van der Waals surface area contributed by atoms with E-state index >= 15 is 0 Å². The van der Waals surface area contributed by atoms with Gasteiger partial charge >= 0.3 is 5.97 Å². The molecule has 0 aliphatic carbocycles. The SMILES string of the molecule is Nc1cc(C(=O)O)c(N2CCNCC2)nn1. The van der Waals surface area contributed by atoms with Crippen LogP contribution in [0.25, 0.3) is 0 Å². The van der Waals surface area contributed by atoms with E-state index in [1.807, 2.05) is 4.90 Å². The van der Waals surface area contributed by atoms with Crippen LogP contribution in [0.15, 0.2) is 6.07 Å². The number of nitrogens with zero attached hydrogens (tertiary/aromatic N) is 3. The Morgan fingerprint density at radius 2 is 2.12 bits per heavy atom. The molecule has 2 rings (SSSR count). The molecule has 1 fully saturated rings. The molecule has 7 heteroatoms. The molecule has 86 valence electrons. The second-order valence-corrected chi connectivity index (χ2v) is 3.55. The predicted molar refractivity (Wildman–Crippen MR) is 58.5 cm³/mol. The third-order valence-corrected chi connectivity index (χ3v) is 2.44. The summed E-state index contributed by atoms with van der Waals surface area (Å²) in [5.74, 6) is -0.519. The van der Waals surface area contributed by atoms with Crippen LogP contribution in [-0.4, -0.2) is 47.5 Å². The zero-order valence-electron chi connectivity index (χ0n) is 8.68.